The van der Waals surface area contributed by atoms with Gasteiger partial charge in [0, 0.05) is 41.5 Å². The Kier molecular flexibility index (Phi) is 8.09. The van der Waals surface area contributed by atoms with Crippen LogP contribution in [0.3, 0.4) is 0 Å². The molecule has 0 unspecified atom stereocenters. The number of anilines is 1. The Balaban J connectivity index is 2.25. The van der Waals surface area contributed by atoms with Gasteiger partial charge in [0.05, 0.1) is 0 Å². The Labute approximate surface area is 157 Å². The molecular weight excluding hydrogens is 386 g/mol. The molecule has 0 aromatic heterocycles. The highest BCUT2D eigenvalue weighted by Crippen LogP contribution is 2.20. The molecule has 1 rings (SSSR count). The van der Waals surface area contributed by atoms with Crippen molar-refractivity contribution in [2.24, 2.45) is 5.41 Å². The summed E-state index contributed by atoms with van der Waals surface area (Å²) < 4.78 is 0.888. The standard InChI is InChI=1S/C18H26BrN3O3/c1-12-5-6-13(19)11-14(12)22-16(24)8-9-20-15(23)7-10-21-17(25)18(2,3)4/h5-6,11H,7-10H2,1-4H3,(H,20,23)(H,21,25)(H,22,24). The van der Waals surface area contributed by atoms with Crippen LogP contribution in [0.5, 0.6) is 0 Å². The van der Waals surface area contributed by atoms with Crippen LogP contribution in [0.25, 0.3) is 0 Å². The summed E-state index contributed by atoms with van der Waals surface area (Å²) in [5.74, 6) is -0.452. The Morgan fingerprint density at radius 1 is 1.00 bits per heavy atom. The first-order valence-electron chi connectivity index (χ1n) is 8.20. The fraction of sp³-hybridized carbons (Fsp3) is 0.500. The maximum Gasteiger partial charge on any atom is 0.226 e. The van der Waals surface area contributed by atoms with E-state index in [2.05, 4.69) is 31.9 Å². The lowest BCUT2D eigenvalue weighted by atomic mass is 9.96. The smallest absolute Gasteiger partial charge is 0.226 e. The number of aryl methyl sites for hydroxylation is 1. The Hall–Kier alpha value is -1.89. The highest BCUT2D eigenvalue weighted by Gasteiger charge is 2.20. The molecule has 0 aliphatic carbocycles. The number of hydrogen-bond acceptors (Lipinski definition) is 3. The molecule has 25 heavy (non-hydrogen) atoms. The first kappa shape index (κ1) is 21.2. The minimum atomic E-state index is -0.473. The zero-order valence-electron chi connectivity index (χ0n) is 15.2. The second kappa shape index (κ2) is 9.56. The van der Waals surface area contributed by atoms with Gasteiger partial charge >= 0.3 is 0 Å². The Bertz CT molecular complexity index is 639. The first-order chi connectivity index (χ1) is 11.6. The molecule has 0 aliphatic heterocycles. The molecule has 0 saturated heterocycles. The number of nitrogens with one attached hydrogen (secondary N) is 3. The third kappa shape index (κ3) is 8.16. The molecule has 0 heterocycles. The van der Waals surface area contributed by atoms with Gasteiger partial charge in [-0.05, 0) is 24.6 Å². The number of rotatable bonds is 7. The molecule has 7 heteroatoms. The largest absolute Gasteiger partial charge is 0.356 e. The van der Waals surface area contributed by atoms with Crippen molar-refractivity contribution in [2.75, 3.05) is 18.4 Å². The summed E-state index contributed by atoms with van der Waals surface area (Å²) >= 11 is 3.37. The second-order valence-electron chi connectivity index (χ2n) is 6.86. The predicted octanol–water partition coefficient (Wildman–Crippen LogP) is 2.75. The third-order valence-electron chi connectivity index (χ3n) is 3.47. The van der Waals surface area contributed by atoms with Crippen LogP contribution in [0.4, 0.5) is 5.69 Å². The van der Waals surface area contributed by atoms with Gasteiger partial charge in [-0.2, -0.15) is 0 Å². The van der Waals surface area contributed by atoms with Gasteiger partial charge in [0.15, 0.2) is 0 Å². The van der Waals surface area contributed by atoms with E-state index in [1.165, 1.54) is 0 Å². The van der Waals surface area contributed by atoms with E-state index in [0.717, 1.165) is 15.7 Å². The summed E-state index contributed by atoms with van der Waals surface area (Å²) in [7, 11) is 0. The lowest BCUT2D eigenvalue weighted by Crippen LogP contribution is -2.37. The minimum absolute atomic E-state index is 0.0935. The van der Waals surface area contributed by atoms with E-state index in [0.29, 0.717) is 0 Å². The van der Waals surface area contributed by atoms with Crippen molar-refractivity contribution in [2.45, 2.75) is 40.5 Å². The Morgan fingerprint density at radius 3 is 2.24 bits per heavy atom. The predicted molar refractivity (Wildman–Crippen MR) is 102 cm³/mol. The van der Waals surface area contributed by atoms with Crippen molar-refractivity contribution >= 4 is 39.3 Å². The van der Waals surface area contributed by atoms with Crippen LogP contribution in [-0.4, -0.2) is 30.8 Å². The average molecular weight is 412 g/mol. The van der Waals surface area contributed by atoms with Crippen molar-refractivity contribution in [3.05, 3.63) is 28.2 Å². The van der Waals surface area contributed by atoms with Crippen molar-refractivity contribution in [1.82, 2.24) is 10.6 Å². The summed E-state index contributed by atoms with van der Waals surface area (Å²) in [6, 6.07) is 5.65. The summed E-state index contributed by atoms with van der Waals surface area (Å²) in [5, 5.41) is 8.21. The van der Waals surface area contributed by atoms with Gasteiger partial charge in [-0.3, -0.25) is 14.4 Å². The van der Waals surface area contributed by atoms with Crippen LogP contribution in [0.2, 0.25) is 0 Å². The third-order valence-corrected chi connectivity index (χ3v) is 3.96. The van der Waals surface area contributed by atoms with Crippen molar-refractivity contribution in [1.29, 1.82) is 0 Å². The molecule has 0 aliphatic rings. The molecular formula is C18H26BrN3O3. The number of amides is 3. The second-order valence-corrected chi connectivity index (χ2v) is 7.78. The summed E-state index contributed by atoms with van der Waals surface area (Å²) in [5.41, 5.74) is 1.24. The van der Waals surface area contributed by atoms with E-state index < -0.39 is 5.41 Å². The number of benzene rings is 1. The van der Waals surface area contributed by atoms with Crippen LogP contribution >= 0.6 is 15.9 Å². The summed E-state index contributed by atoms with van der Waals surface area (Å²) in [4.78, 5) is 35.3. The van der Waals surface area contributed by atoms with Gasteiger partial charge in [0.25, 0.3) is 0 Å². The van der Waals surface area contributed by atoms with Crippen molar-refractivity contribution < 1.29 is 14.4 Å². The molecule has 0 bridgehead atoms. The topological polar surface area (TPSA) is 87.3 Å². The molecule has 0 radical (unpaired) electrons. The van der Waals surface area contributed by atoms with E-state index in [1.807, 2.05) is 45.9 Å². The molecule has 1 aromatic carbocycles. The van der Waals surface area contributed by atoms with E-state index in [-0.39, 0.29) is 43.7 Å². The van der Waals surface area contributed by atoms with Crippen LogP contribution in [0.15, 0.2) is 22.7 Å². The van der Waals surface area contributed by atoms with Gasteiger partial charge in [-0.15, -0.1) is 0 Å². The zero-order chi connectivity index (χ0) is 19.0. The van der Waals surface area contributed by atoms with Crippen LogP contribution in [-0.2, 0) is 14.4 Å². The normalized spacial score (nSPS) is 10.9. The molecule has 0 fully saturated rings. The fourth-order valence-corrected chi connectivity index (χ4v) is 2.26. The molecule has 0 spiro atoms. The maximum absolute atomic E-state index is 11.9. The molecule has 3 amide bonds. The summed E-state index contributed by atoms with van der Waals surface area (Å²) in [6.45, 7) is 7.89. The van der Waals surface area contributed by atoms with E-state index in [9.17, 15) is 14.4 Å². The van der Waals surface area contributed by atoms with Gasteiger partial charge in [0.2, 0.25) is 17.7 Å². The highest BCUT2D eigenvalue weighted by atomic mass is 79.9. The Morgan fingerprint density at radius 2 is 1.60 bits per heavy atom. The fourth-order valence-electron chi connectivity index (χ4n) is 1.90. The van der Waals surface area contributed by atoms with Gasteiger partial charge in [0.1, 0.15) is 0 Å². The molecule has 1 aromatic rings. The molecule has 0 atom stereocenters. The minimum Gasteiger partial charge on any atom is -0.356 e. The molecule has 138 valence electrons. The molecule has 0 saturated carbocycles. The van der Waals surface area contributed by atoms with Gasteiger partial charge in [-0.1, -0.05) is 42.8 Å². The van der Waals surface area contributed by atoms with Crippen molar-refractivity contribution in [3.63, 3.8) is 0 Å². The van der Waals surface area contributed by atoms with Crippen LogP contribution < -0.4 is 16.0 Å². The van der Waals surface area contributed by atoms with Crippen molar-refractivity contribution in [3.8, 4) is 0 Å². The SMILES string of the molecule is Cc1ccc(Br)cc1NC(=O)CCNC(=O)CCNC(=O)C(C)(C)C. The number of carbonyl (C=O) groups is 3. The zero-order valence-corrected chi connectivity index (χ0v) is 16.7. The number of halogens is 1. The maximum atomic E-state index is 11.9. The average Bonchev–Trinajstić information content (AvgIpc) is 2.50. The van der Waals surface area contributed by atoms with E-state index in [1.54, 1.807) is 0 Å². The number of hydrogen-bond donors (Lipinski definition) is 3. The lowest BCUT2D eigenvalue weighted by Gasteiger charge is -2.17. The molecule has 6 nitrogen and oxygen atoms in total. The lowest BCUT2D eigenvalue weighted by molar-refractivity contribution is -0.128. The van der Waals surface area contributed by atoms with Gasteiger partial charge < -0.3 is 16.0 Å². The van der Waals surface area contributed by atoms with Crippen LogP contribution in [0.1, 0.15) is 39.2 Å². The quantitative estimate of drug-likeness (QED) is 0.644. The van der Waals surface area contributed by atoms with Crippen LogP contribution in [0, 0.1) is 12.3 Å². The first-order valence-corrected chi connectivity index (χ1v) is 9.00. The number of carbonyl (C=O) groups excluding carboxylic acids is 3. The summed E-state index contributed by atoms with van der Waals surface area (Å²) in [6.07, 6.45) is 0.375. The van der Waals surface area contributed by atoms with Gasteiger partial charge in [-0.25, -0.2) is 0 Å². The molecule has 3 N–H and O–H groups in total. The van der Waals surface area contributed by atoms with E-state index in [4.69, 9.17) is 0 Å². The van der Waals surface area contributed by atoms with E-state index >= 15 is 0 Å². The monoisotopic (exact) mass is 411 g/mol. The highest BCUT2D eigenvalue weighted by molar-refractivity contribution is 9.10.